The fraction of sp³-hybridized carbons (Fsp3) is 0.263. The van der Waals surface area contributed by atoms with Crippen molar-refractivity contribution < 1.29 is 0 Å². The molecule has 3 N–H and O–H groups in total. The predicted octanol–water partition coefficient (Wildman–Crippen LogP) is 3.01. The lowest BCUT2D eigenvalue weighted by atomic mass is 10.0. The van der Waals surface area contributed by atoms with Gasteiger partial charge in [-0.25, -0.2) is 10.5 Å². The Hall–Kier alpha value is -3.06. The highest BCUT2D eigenvalue weighted by Crippen LogP contribution is 2.19. The largest absolute Gasteiger partial charge is 0.363 e. The third-order valence-electron chi connectivity index (χ3n) is 4.16. The van der Waals surface area contributed by atoms with Crippen LogP contribution in [0.25, 0.3) is 16.7 Å². The van der Waals surface area contributed by atoms with Crippen LogP contribution >= 0.6 is 0 Å². The van der Waals surface area contributed by atoms with Gasteiger partial charge in [0.15, 0.2) is 0 Å². The highest BCUT2D eigenvalue weighted by Gasteiger charge is 2.10. The molecule has 134 valence electrons. The van der Waals surface area contributed by atoms with Crippen molar-refractivity contribution in [2.75, 3.05) is 20.6 Å². The summed E-state index contributed by atoms with van der Waals surface area (Å²) in [7, 11) is 4.11. The summed E-state index contributed by atoms with van der Waals surface area (Å²) in [6.45, 7) is 0.952. The first kappa shape index (κ1) is 17.8. The maximum Gasteiger partial charge on any atom is 0.259 e. The molecule has 0 fully saturated rings. The molecule has 0 spiro atoms. The number of hydrogen-bond acceptors (Lipinski definition) is 6. The summed E-state index contributed by atoms with van der Waals surface area (Å²) >= 11 is 0. The second-order valence-corrected chi connectivity index (χ2v) is 6.49. The van der Waals surface area contributed by atoms with E-state index in [9.17, 15) is 4.79 Å². The van der Waals surface area contributed by atoms with Crippen LogP contribution in [0, 0.1) is 5.53 Å². The number of pyridine rings is 2. The van der Waals surface area contributed by atoms with Crippen LogP contribution in [0.2, 0.25) is 0 Å². The first-order valence-electron chi connectivity index (χ1n) is 8.43. The Balaban J connectivity index is 1.82. The van der Waals surface area contributed by atoms with E-state index in [1.807, 2.05) is 12.1 Å². The standard InChI is InChI=1S/C19H22N6O/c1-25(2)12-13-5-7-15(8-6-13)22-11-17(24-20)16-10-14-4-3-9-21-18(14)23-19(16)26/h3-5,7,9-11,20,22H,6,8,12H2,1-2H3,(H,21,23,26)/b17-11-,24-20?. The molecule has 1 aliphatic carbocycles. The summed E-state index contributed by atoms with van der Waals surface area (Å²) in [6, 6.07) is 5.36. The highest BCUT2D eigenvalue weighted by atomic mass is 16.1. The van der Waals surface area contributed by atoms with Gasteiger partial charge >= 0.3 is 0 Å². The number of fused-ring (bicyclic) bond motifs is 1. The summed E-state index contributed by atoms with van der Waals surface area (Å²) in [6.07, 6.45) is 9.26. The van der Waals surface area contributed by atoms with Crippen molar-refractivity contribution in [1.29, 1.82) is 5.53 Å². The fourth-order valence-corrected chi connectivity index (χ4v) is 2.89. The molecular weight excluding hydrogens is 328 g/mol. The van der Waals surface area contributed by atoms with Crippen LogP contribution in [0.4, 0.5) is 0 Å². The molecule has 0 aliphatic heterocycles. The van der Waals surface area contributed by atoms with Crippen LogP contribution in [0.3, 0.4) is 0 Å². The topological polar surface area (TPSA) is 97.2 Å². The van der Waals surface area contributed by atoms with E-state index in [2.05, 4.69) is 45.5 Å². The number of aromatic amines is 1. The van der Waals surface area contributed by atoms with Gasteiger partial charge in [-0.3, -0.25) is 4.79 Å². The van der Waals surface area contributed by atoms with Crippen molar-refractivity contribution in [1.82, 2.24) is 20.2 Å². The normalized spacial score (nSPS) is 15.0. The van der Waals surface area contributed by atoms with Crippen molar-refractivity contribution in [2.24, 2.45) is 5.11 Å². The van der Waals surface area contributed by atoms with Crippen molar-refractivity contribution in [3.63, 3.8) is 0 Å². The average Bonchev–Trinajstić information content (AvgIpc) is 2.63. The number of nitrogens with zero attached hydrogens (tertiary/aromatic N) is 3. The zero-order chi connectivity index (χ0) is 18.5. The van der Waals surface area contributed by atoms with E-state index in [4.69, 9.17) is 5.53 Å². The summed E-state index contributed by atoms with van der Waals surface area (Å²) in [5.41, 5.74) is 10.7. The Morgan fingerprint density at radius 2 is 2.27 bits per heavy atom. The number of aromatic nitrogens is 2. The van der Waals surface area contributed by atoms with Gasteiger partial charge < -0.3 is 15.2 Å². The Morgan fingerprint density at radius 1 is 1.42 bits per heavy atom. The Labute approximate surface area is 151 Å². The van der Waals surface area contributed by atoms with Gasteiger partial charge in [0, 0.05) is 30.0 Å². The molecule has 0 amide bonds. The number of rotatable bonds is 6. The molecule has 1 aliphatic rings. The number of likely N-dealkylation sites (N-methyl/N-ethyl adjacent to an activating group) is 1. The third kappa shape index (κ3) is 4.12. The molecule has 0 bridgehead atoms. The summed E-state index contributed by atoms with van der Waals surface area (Å²) in [5, 5.41) is 7.50. The molecule has 2 aromatic heterocycles. The van der Waals surface area contributed by atoms with Crippen LogP contribution in [0.1, 0.15) is 18.4 Å². The van der Waals surface area contributed by atoms with Crippen molar-refractivity contribution in [3.8, 4) is 0 Å². The van der Waals surface area contributed by atoms with Gasteiger partial charge in [0.05, 0.1) is 5.56 Å². The molecule has 0 saturated carbocycles. The molecule has 0 unspecified atom stereocenters. The first-order chi connectivity index (χ1) is 12.6. The van der Waals surface area contributed by atoms with E-state index in [0.717, 1.165) is 30.5 Å². The van der Waals surface area contributed by atoms with Crippen LogP contribution in [0.5, 0.6) is 0 Å². The van der Waals surface area contributed by atoms with E-state index < -0.39 is 0 Å². The van der Waals surface area contributed by atoms with E-state index in [1.54, 1.807) is 24.5 Å². The maximum absolute atomic E-state index is 12.3. The Morgan fingerprint density at radius 3 is 2.96 bits per heavy atom. The molecule has 2 heterocycles. The van der Waals surface area contributed by atoms with Crippen LogP contribution < -0.4 is 10.9 Å². The second-order valence-electron chi connectivity index (χ2n) is 6.49. The van der Waals surface area contributed by atoms with Crippen molar-refractivity contribution in [2.45, 2.75) is 12.8 Å². The molecule has 3 rings (SSSR count). The summed E-state index contributed by atoms with van der Waals surface area (Å²) < 4.78 is 0. The van der Waals surface area contributed by atoms with Gasteiger partial charge in [-0.1, -0.05) is 11.6 Å². The molecule has 7 heteroatoms. The minimum absolute atomic E-state index is 0.279. The lowest BCUT2D eigenvalue weighted by Gasteiger charge is -2.18. The maximum atomic E-state index is 12.3. The average molecular weight is 350 g/mol. The van der Waals surface area contributed by atoms with Gasteiger partial charge in [-0.2, -0.15) is 5.11 Å². The lowest BCUT2D eigenvalue weighted by molar-refractivity contribution is 0.438. The molecule has 7 nitrogen and oxygen atoms in total. The van der Waals surface area contributed by atoms with E-state index in [0.29, 0.717) is 11.2 Å². The number of H-pyrrole nitrogens is 1. The van der Waals surface area contributed by atoms with Gasteiger partial charge in [0.2, 0.25) is 0 Å². The molecule has 0 aromatic carbocycles. The molecule has 26 heavy (non-hydrogen) atoms. The lowest BCUT2D eigenvalue weighted by Crippen LogP contribution is -2.18. The highest BCUT2D eigenvalue weighted by molar-refractivity contribution is 5.79. The Bertz CT molecular complexity index is 967. The smallest absolute Gasteiger partial charge is 0.259 e. The van der Waals surface area contributed by atoms with Crippen LogP contribution in [0.15, 0.2) is 63.9 Å². The zero-order valence-corrected chi connectivity index (χ0v) is 14.9. The van der Waals surface area contributed by atoms with Crippen LogP contribution in [-0.4, -0.2) is 35.5 Å². The molecule has 0 radical (unpaired) electrons. The van der Waals surface area contributed by atoms with Gasteiger partial charge in [0.25, 0.3) is 5.56 Å². The first-order valence-corrected chi connectivity index (χ1v) is 8.43. The van der Waals surface area contributed by atoms with E-state index in [-0.39, 0.29) is 11.3 Å². The molecular formula is C19H22N6O. The zero-order valence-electron chi connectivity index (χ0n) is 14.9. The van der Waals surface area contributed by atoms with E-state index in [1.165, 1.54) is 5.57 Å². The fourth-order valence-electron chi connectivity index (χ4n) is 2.89. The minimum atomic E-state index is -0.314. The molecule has 0 atom stereocenters. The van der Waals surface area contributed by atoms with Gasteiger partial charge in [0.1, 0.15) is 11.3 Å². The minimum Gasteiger partial charge on any atom is -0.363 e. The number of allylic oxidation sites excluding steroid dienone is 3. The van der Waals surface area contributed by atoms with Crippen LogP contribution in [-0.2, 0) is 0 Å². The Kier molecular flexibility index (Phi) is 5.38. The van der Waals surface area contributed by atoms with Gasteiger partial charge in [-0.15, -0.1) is 0 Å². The van der Waals surface area contributed by atoms with Gasteiger partial charge in [-0.05, 0) is 51.2 Å². The second kappa shape index (κ2) is 7.88. The van der Waals surface area contributed by atoms with Crippen molar-refractivity contribution in [3.05, 3.63) is 69.9 Å². The summed E-state index contributed by atoms with van der Waals surface area (Å²) in [4.78, 5) is 21.3. The summed E-state index contributed by atoms with van der Waals surface area (Å²) in [5.74, 6) is 0. The SMILES string of the molecule is CN(C)CC1=CC=C(N/C=C(\N=N)c2cc3cccnc3[nH]c2=O)CC1. The van der Waals surface area contributed by atoms with Crippen molar-refractivity contribution >= 4 is 16.7 Å². The monoisotopic (exact) mass is 350 g/mol. The van der Waals surface area contributed by atoms with E-state index >= 15 is 0 Å². The number of nitrogens with one attached hydrogen (secondary N) is 3. The predicted molar refractivity (Wildman–Crippen MR) is 103 cm³/mol. The quantitative estimate of drug-likeness (QED) is 0.698. The number of hydrogen-bond donors (Lipinski definition) is 3. The molecule has 2 aromatic rings. The third-order valence-corrected chi connectivity index (χ3v) is 4.16. The molecule has 0 saturated heterocycles.